The summed E-state index contributed by atoms with van der Waals surface area (Å²) in [6.45, 7) is 1.25. The van der Waals surface area contributed by atoms with Gasteiger partial charge < -0.3 is 10.1 Å². The lowest BCUT2D eigenvalue weighted by atomic mass is 10.0. The number of aromatic nitrogens is 2. The molecule has 188 valence electrons. The van der Waals surface area contributed by atoms with Crippen molar-refractivity contribution >= 4 is 17.6 Å². The maximum atomic E-state index is 14.9. The summed E-state index contributed by atoms with van der Waals surface area (Å²) < 4.78 is 35.5. The summed E-state index contributed by atoms with van der Waals surface area (Å²) in [5, 5.41) is 7.42. The minimum atomic E-state index is -0.610. The second-order valence-corrected chi connectivity index (χ2v) is 8.39. The van der Waals surface area contributed by atoms with Gasteiger partial charge in [-0.05, 0) is 66.2 Å². The maximum Gasteiger partial charge on any atom is 0.309 e. The van der Waals surface area contributed by atoms with Crippen molar-refractivity contribution in [3.8, 4) is 34.0 Å². The monoisotopic (exact) mass is 509 g/mol. The lowest BCUT2D eigenvalue weighted by Gasteiger charge is -2.11. The molecule has 1 heterocycles. The Balaban J connectivity index is 1.63. The Morgan fingerprint density at radius 3 is 2.13 bits per heavy atom. The lowest BCUT2D eigenvalue weighted by Crippen LogP contribution is -2.11. The second kappa shape index (κ2) is 10.5. The Morgan fingerprint density at radius 1 is 0.816 bits per heavy atom. The van der Waals surface area contributed by atoms with Gasteiger partial charge >= 0.3 is 5.97 Å². The topological polar surface area (TPSA) is 73.2 Å². The van der Waals surface area contributed by atoms with Crippen molar-refractivity contribution in [3.05, 3.63) is 120 Å². The van der Waals surface area contributed by atoms with Crippen LogP contribution in [0.4, 0.5) is 14.5 Å². The molecule has 1 aromatic heterocycles. The van der Waals surface area contributed by atoms with Gasteiger partial charge in [-0.3, -0.25) is 9.59 Å². The van der Waals surface area contributed by atoms with Crippen molar-refractivity contribution in [2.45, 2.75) is 6.92 Å². The van der Waals surface area contributed by atoms with Gasteiger partial charge in [0.1, 0.15) is 17.3 Å². The molecule has 6 nitrogen and oxygen atoms in total. The van der Waals surface area contributed by atoms with Gasteiger partial charge in [-0.2, -0.15) is 9.78 Å². The third-order valence-electron chi connectivity index (χ3n) is 5.75. The van der Waals surface area contributed by atoms with Gasteiger partial charge in [-0.25, -0.2) is 8.78 Å². The summed E-state index contributed by atoms with van der Waals surface area (Å²) in [6.07, 6.45) is 0. The van der Waals surface area contributed by atoms with Crippen LogP contribution in [0.2, 0.25) is 0 Å². The van der Waals surface area contributed by atoms with Crippen molar-refractivity contribution in [2.24, 2.45) is 0 Å². The van der Waals surface area contributed by atoms with E-state index in [4.69, 9.17) is 4.74 Å². The number of benzene rings is 4. The fourth-order valence-electron chi connectivity index (χ4n) is 4.01. The Morgan fingerprint density at radius 2 is 1.47 bits per heavy atom. The first kappa shape index (κ1) is 24.6. The molecule has 5 aromatic rings. The van der Waals surface area contributed by atoms with Crippen LogP contribution in [0.3, 0.4) is 0 Å². The molecule has 0 bridgehead atoms. The zero-order valence-corrected chi connectivity index (χ0v) is 20.2. The molecule has 0 aliphatic heterocycles. The summed E-state index contributed by atoms with van der Waals surface area (Å²) in [4.78, 5) is 24.7. The highest BCUT2D eigenvalue weighted by Gasteiger charge is 2.26. The number of hydrogen-bond donors (Lipinski definition) is 1. The quantitative estimate of drug-likeness (QED) is 0.260. The van der Waals surface area contributed by atoms with E-state index in [1.54, 1.807) is 66.7 Å². The number of esters is 1. The Hall–Kier alpha value is -5.11. The Bertz CT molecular complexity index is 1610. The Kier molecular flexibility index (Phi) is 6.78. The standard InChI is InChI=1S/C30H21F2N3O3/c1-19(36)38-30-27(20-11-15-23(16-12-20)33-29(37)21-7-3-2-4-8-21)28(25-9-5-6-10-26(25)32)34-35(30)24-17-13-22(31)14-18-24/h2-18H,1H3,(H,33,37). The first-order valence-electron chi connectivity index (χ1n) is 11.7. The molecule has 0 aliphatic rings. The van der Waals surface area contributed by atoms with Gasteiger partial charge in [0.25, 0.3) is 5.91 Å². The molecular weight excluding hydrogens is 488 g/mol. The highest BCUT2D eigenvalue weighted by Crippen LogP contribution is 2.41. The third-order valence-corrected chi connectivity index (χ3v) is 5.75. The number of carbonyl (C=O) groups is 2. The number of rotatable bonds is 6. The van der Waals surface area contributed by atoms with Crippen LogP contribution in [-0.4, -0.2) is 21.7 Å². The van der Waals surface area contributed by atoms with Crippen LogP contribution >= 0.6 is 0 Å². The number of nitrogens with zero attached hydrogens (tertiary/aromatic N) is 2. The molecule has 5 rings (SSSR count). The summed E-state index contributed by atoms with van der Waals surface area (Å²) in [6, 6.07) is 27.2. The van der Waals surface area contributed by atoms with Gasteiger partial charge in [0.05, 0.1) is 11.3 Å². The summed E-state index contributed by atoms with van der Waals surface area (Å²) >= 11 is 0. The molecule has 0 saturated carbocycles. The van der Waals surface area contributed by atoms with Crippen molar-refractivity contribution in [1.82, 2.24) is 9.78 Å². The van der Waals surface area contributed by atoms with E-state index in [1.165, 1.54) is 41.9 Å². The zero-order chi connectivity index (χ0) is 26.6. The van der Waals surface area contributed by atoms with Crippen LogP contribution in [0, 0.1) is 11.6 Å². The van der Waals surface area contributed by atoms with Gasteiger partial charge in [0, 0.05) is 23.7 Å². The number of halogens is 2. The molecule has 0 spiro atoms. The number of amides is 1. The van der Waals surface area contributed by atoms with Crippen molar-refractivity contribution in [1.29, 1.82) is 0 Å². The van der Waals surface area contributed by atoms with Crippen LogP contribution in [0.25, 0.3) is 28.1 Å². The van der Waals surface area contributed by atoms with Crippen LogP contribution in [0.15, 0.2) is 103 Å². The lowest BCUT2D eigenvalue weighted by molar-refractivity contribution is -0.132. The first-order chi connectivity index (χ1) is 18.4. The largest absolute Gasteiger partial charge is 0.407 e. The first-order valence-corrected chi connectivity index (χ1v) is 11.7. The van der Waals surface area contributed by atoms with Gasteiger partial charge in [-0.15, -0.1) is 0 Å². The number of carbonyl (C=O) groups excluding carboxylic acids is 2. The fraction of sp³-hybridized carbons (Fsp3) is 0.0333. The van der Waals surface area contributed by atoms with Crippen molar-refractivity contribution in [3.63, 3.8) is 0 Å². The average molecular weight is 510 g/mol. The van der Waals surface area contributed by atoms with Gasteiger partial charge in [0.15, 0.2) is 0 Å². The molecule has 0 fully saturated rings. The normalized spacial score (nSPS) is 10.7. The highest BCUT2D eigenvalue weighted by molar-refractivity contribution is 6.04. The number of nitrogens with one attached hydrogen (secondary N) is 1. The average Bonchev–Trinajstić information content (AvgIpc) is 3.28. The molecule has 38 heavy (non-hydrogen) atoms. The molecule has 0 radical (unpaired) electrons. The van der Waals surface area contributed by atoms with E-state index in [1.807, 2.05) is 6.07 Å². The second-order valence-electron chi connectivity index (χ2n) is 8.39. The maximum absolute atomic E-state index is 14.9. The highest BCUT2D eigenvalue weighted by atomic mass is 19.1. The van der Waals surface area contributed by atoms with Crippen LogP contribution in [0.1, 0.15) is 17.3 Å². The molecule has 0 atom stereocenters. The molecule has 1 N–H and O–H groups in total. The predicted molar refractivity (Wildman–Crippen MR) is 140 cm³/mol. The van der Waals surface area contributed by atoms with E-state index in [9.17, 15) is 18.4 Å². The van der Waals surface area contributed by atoms with Crippen LogP contribution in [0.5, 0.6) is 5.88 Å². The van der Waals surface area contributed by atoms with E-state index in [0.717, 1.165) is 0 Å². The van der Waals surface area contributed by atoms with E-state index in [2.05, 4.69) is 10.4 Å². The van der Waals surface area contributed by atoms with Gasteiger partial charge in [0.2, 0.25) is 5.88 Å². The van der Waals surface area contributed by atoms with Crippen molar-refractivity contribution in [2.75, 3.05) is 5.32 Å². The summed E-state index contributed by atoms with van der Waals surface area (Å²) in [5.41, 5.74) is 2.80. The fourth-order valence-corrected chi connectivity index (χ4v) is 4.01. The number of ether oxygens (including phenoxy) is 1. The molecule has 0 saturated heterocycles. The van der Waals surface area contributed by atoms with Crippen molar-refractivity contribution < 1.29 is 23.1 Å². The minimum absolute atomic E-state index is 0.0448. The van der Waals surface area contributed by atoms with Crippen LogP contribution < -0.4 is 10.1 Å². The number of anilines is 1. The van der Waals surface area contributed by atoms with Gasteiger partial charge in [-0.1, -0.05) is 42.5 Å². The SMILES string of the molecule is CC(=O)Oc1c(-c2ccc(NC(=O)c3ccccc3)cc2)c(-c2ccccc2F)nn1-c1ccc(F)cc1. The predicted octanol–water partition coefficient (Wildman–Crippen LogP) is 6.66. The molecule has 0 aliphatic carbocycles. The molecule has 8 heteroatoms. The summed E-state index contributed by atoms with van der Waals surface area (Å²) in [5.74, 6) is -1.80. The van der Waals surface area contributed by atoms with E-state index < -0.39 is 17.6 Å². The molecule has 1 amide bonds. The number of hydrogen-bond acceptors (Lipinski definition) is 4. The van der Waals surface area contributed by atoms with E-state index in [0.29, 0.717) is 28.1 Å². The third kappa shape index (κ3) is 5.05. The Labute approximate surface area is 217 Å². The molecule has 0 unspecified atom stereocenters. The zero-order valence-electron chi connectivity index (χ0n) is 20.2. The molecular formula is C30H21F2N3O3. The molecule has 4 aromatic carbocycles. The van der Waals surface area contributed by atoms with Crippen LogP contribution in [-0.2, 0) is 4.79 Å². The van der Waals surface area contributed by atoms with E-state index >= 15 is 0 Å². The summed E-state index contributed by atoms with van der Waals surface area (Å²) in [7, 11) is 0. The van der Waals surface area contributed by atoms with E-state index in [-0.39, 0.29) is 23.0 Å². The minimum Gasteiger partial charge on any atom is -0.407 e. The smallest absolute Gasteiger partial charge is 0.309 e.